The molecular formula is C20H23N5O4. The molecule has 0 aliphatic carbocycles. The summed E-state index contributed by atoms with van der Waals surface area (Å²) < 4.78 is 10.5. The van der Waals surface area contributed by atoms with E-state index in [0.29, 0.717) is 50.5 Å². The van der Waals surface area contributed by atoms with Gasteiger partial charge in [-0.1, -0.05) is 10.3 Å². The summed E-state index contributed by atoms with van der Waals surface area (Å²) in [4.78, 5) is 22.6. The fourth-order valence-corrected chi connectivity index (χ4v) is 3.55. The number of aliphatic hydroxyl groups excluding tert-OH is 1. The van der Waals surface area contributed by atoms with Gasteiger partial charge < -0.3 is 19.1 Å². The first-order valence-corrected chi connectivity index (χ1v) is 9.69. The molecule has 1 aliphatic heterocycles. The SMILES string of the molecule is Cc1cc(C[C@@H]2CN(C(=O)CCCc3nc(-c4ccncc4)no3)C[C@H]2O)on1. The van der Waals surface area contributed by atoms with E-state index in [1.165, 1.54) is 0 Å². The third-order valence-corrected chi connectivity index (χ3v) is 5.09. The van der Waals surface area contributed by atoms with Gasteiger partial charge in [0.25, 0.3) is 0 Å². The van der Waals surface area contributed by atoms with Gasteiger partial charge in [-0.15, -0.1) is 0 Å². The van der Waals surface area contributed by atoms with Gasteiger partial charge in [0.1, 0.15) is 5.76 Å². The van der Waals surface area contributed by atoms with Crippen LogP contribution >= 0.6 is 0 Å². The maximum absolute atomic E-state index is 12.5. The minimum Gasteiger partial charge on any atom is -0.391 e. The third kappa shape index (κ3) is 4.68. The van der Waals surface area contributed by atoms with Crippen LogP contribution in [0, 0.1) is 12.8 Å². The first-order valence-electron chi connectivity index (χ1n) is 9.69. The quantitative estimate of drug-likeness (QED) is 0.641. The maximum atomic E-state index is 12.5. The summed E-state index contributed by atoms with van der Waals surface area (Å²) in [5.41, 5.74) is 1.65. The summed E-state index contributed by atoms with van der Waals surface area (Å²) in [6, 6.07) is 5.49. The number of rotatable bonds is 7. The van der Waals surface area contributed by atoms with Gasteiger partial charge in [0.2, 0.25) is 17.6 Å². The molecule has 9 nitrogen and oxygen atoms in total. The molecule has 4 heterocycles. The lowest BCUT2D eigenvalue weighted by Crippen LogP contribution is -2.29. The number of likely N-dealkylation sites (tertiary alicyclic amines) is 1. The van der Waals surface area contributed by atoms with Gasteiger partial charge in [-0.2, -0.15) is 4.98 Å². The van der Waals surface area contributed by atoms with Gasteiger partial charge in [-0.05, 0) is 25.5 Å². The van der Waals surface area contributed by atoms with E-state index in [-0.39, 0.29) is 11.8 Å². The lowest BCUT2D eigenvalue weighted by Gasteiger charge is -2.15. The van der Waals surface area contributed by atoms with Gasteiger partial charge in [0.05, 0.1) is 11.8 Å². The molecule has 0 spiro atoms. The Kier molecular flexibility index (Phi) is 5.66. The predicted molar refractivity (Wildman–Crippen MR) is 101 cm³/mol. The first kappa shape index (κ1) is 19.3. The van der Waals surface area contributed by atoms with Crippen molar-refractivity contribution in [1.82, 2.24) is 25.2 Å². The van der Waals surface area contributed by atoms with Crippen molar-refractivity contribution >= 4 is 5.91 Å². The molecule has 1 aliphatic rings. The number of aryl methyl sites for hydroxylation is 2. The van der Waals surface area contributed by atoms with E-state index < -0.39 is 6.10 Å². The van der Waals surface area contributed by atoms with Gasteiger partial charge in [-0.25, -0.2) is 0 Å². The highest BCUT2D eigenvalue weighted by Crippen LogP contribution is 2.23. The second-order valence-electron chi connectivity index (χ2n) is 7.37. The monoisotopic (exact) mass is 397 g/mol. The van der Waals surface area contributed by atoms with Crippen LogP contribution in [0.1, 0.15) is 30.2 Å². The standard InChI is InChI=1S/C20H23N5O4/c1-13-9-16(28-23-13)10-15-11-25(12-17(15)26)19(27)4-2-3-18-22-20(24-29-18)14-5-7-21-8-6-14/h5-9,15,17,26H,2-4,10-12H2,1H3/t15-,17-/m1/s1. The predicted octanol–water partition coefficient (Wildman–Crippen LogP) is 1.81. The average Bonchev–Trinajstić information content (AvgIpc) is 3.44. The van der Waals surface area contributed by atoms with Crippen LogP contribution in [0.3, 0.4) is 0 Å². The molecular weight excluding hydrogens is 374 g/mol. The van der Waals surface area contributed by atoms with Gasteiger partial charge in [0.15, 0.2) is 0 Å². The molecule has 1 saturated heterocycles. The fraction of sp³-hybridized carbons (Fsp3) is 0.450. The average molecular weight is 397 g/mol. The highest BCUT2D eigenvalue weighted by atomic mass is 16.5. The van der Waals surface area contributed by atoms with Crippen molar-refractivity contribution in [3.63, 3.8) is 0 Å². The number of hydrogen-bond acceptors (Lipinski definition) is 8. The van der Waals surface area contributed by atoms with E-state index >= 15 is 0 Å². The molecule has 4 rings (SSSR count). The number of pyridine rings is 1. The van der Waals surface area contributed by atoms with Crippen molar-refractivity contribution in [2.75, 3.05) is 13.1 Å². The van der Waals surface area contributed by atoms with E-state index in [1.807, 2.05) is 25.1 Å². The van der Waals surface area contributed by atoms with Crippen molar-refractivity contribution in [1.29, 1.82) is 0 Å². The van der Waals surface area contributed by atoms with E-state index in [4.69, 9.17) is 9.05 Å². The summed E-state index contributed by atoms with van der Waals surface area (Å²) in [6.07, 6.45) is 4.87. The molecule has 0 saturated carbocycles. The van der Waals surface area contributed by atoms with E-state index in [0.717, 1.165) is 17.0 Å². The van der Waals surface area contributed by atoms with Gasteiger partial charge in [-0.3, -0.25) is 9.78 Å². The zero-order valence-electron chi connectivity index (χ0n) is 16.2. The van der Waals surface area contributed by atoms with Crippen LogP contribution in [0.15, 0.2) is 39.6 Å². The van der Waals surface area contributed by atoms with Crippen molar-refractivity contribution in [3.8, 4) is 11.4 Å². The Hall–Kier alpha value is -3.07. The molecule has 0 radical (unpaired) electrons. The number of aromatic nitrogens is 4. The van der Waals surface area contributed by atoms with Crippen LogP contribution in [0.2, 0.25) is 0 Å². The van der Waals surface area contributed by atoms with E-state index in [9.17, 15) is 9.90 Å². The Morgan fingerprint density at radius 3 is 2.83 bits per heavy atom. The molecule has 1 fully saturated rings. The third-order valence-electron chi connectivity index (χ3n) is 5.09. The minimum atomic E-state index is -0.553. The summed E-state index contributed by atoms with van der Waals surface area (Å²) >= 11 is 0. The molecule has 0 aromatic carbocycles. The number of carbonyl (C=O) groups is 1. The van der Waals surface area contributed by atoms with Gasteiger partial charge >= 0.3 is 0 Å². The topological polar surface area (TPSA) is 118 Å². The molecule has 2 atom stereocenters. The van der Waals surface area contributed by atoms with E-state index in [2.05, 4.69) is 20.3 Å². The zero-order valence-corrected chi connectivity index (χ0v) is 16.2. The largest absolute Gasteiger partial charge is 0.391 e. The fourth-order valence-electron chi connectivity index (χ4n) is 3.55. The Morgan fingerprint density at radius 2 is 2.07 bits per heavy atom. The van der Waals surface area contributed by atoms with Gasteiger partial charge in [0, 0.05) is 62.3 Å². The van der Waals surface area contributed by atoms with E-state index in [1.54, 1.807) is 17.3 Å². The molecule has 1 amide bonds. The number of nitrogens with zero attached hydrogens (tertiary/aromatic N) is 5. The van der Waals surface area contributed by atoms with Crippen LogP contribution in [0.5, 0.6) is 0 Å². The second-order valence-corrected chi connectivity index (χ2v) is 7.37. The van der Waals surface area contributed by atoms with Crippen LogP contribution < -0.4 is 0 Å². The molecule has 0 unspecified atom stereocenters. The number of amides is 1. The normalized spacial score (nSPS) is 19.0. The molecule has 29 heavy (non-hydrogen) atoms. The summed E-state index contributed by atoms with van der Waals surface area (Å²) in [6.45, 7) is 2.73. The second kappa shape index (κ2) is 8.52. The molecule has 9 heteroatoms. The van der Waals surface area contributed by atoms with Crippen molar-refractivity contribution in [3.05, 3.63) is 47.9 Å². The first-order chi connectivity index (χ1) is 14.1. The highest BCUT2D eigenvalue weighted by Gasteiger charge is 2.34. The Bertz CT molecular complexity index is 955. The van der Waals surface area contributed by atoms with Crippen molar-refractivity contribution in [2.45, 2.75) is 38.7 Å². The summed E-state index contributed by atoms with van der Waals surface area (Å²) in [5.74, 6) is 1.74. The van der Waals surface area contributed by atoms with Crippen LogP contribution in [-0.4, -0.2) is 55.4 Å². The Morgan fingerprint density at radius 1 is 1.24 bits per heavy atom. The van der Waals surface area contributed by atoms with Crippen LogP contribution in [0.4, 0.5) is 0 Å². The van der Waals surface area contributed by atoms with Crippen molar-refractivity contribution < 1.29 is 18.9 Å². The molecule has 1 N–H and O–H groups in total. The Balaban J connectivity index is 1.24. The lowest BCUT2D eigenvalue weighted by atomic mass is 10.0. The number of carbonyl (C=O) groups excluding carboxylic acids is 1. The summed E-state index contributed by atoms with van der Waals surface area (Å²) in [5, 5.41) is 18.1. The highest BCUT2D eigenvalue weighted by molar-refractivity contribution is 5.76. The maximum Gasteiger partial charge on any atom is 0.226 e. The molecule has 152 valence electrons. The van der Waals surface area contributed by atoms with Crippen molar-refractivity contribution in [2.24, 2.45) is 5.92 Å². The van der Waals surface area contributed by atoms with Crippen LogP contribution in [0.25, 0.3) is 11.4 Å². The smallest absolute Gasteiger partial charge is 0.226 e. The zero-order chi connectivity index (χ0) is 20.2. The van der Waals surface area contributed by atoms with Crippen LogP contribution in [-0.2, 0) is 17.6 Å². The lowest BCUT2D eigenvalue weighted by molar-refractivity contribution is -0.130. The molecule has 3 aromatic rings. The molecule has 0 bridgehead atoms. The molecule has 3 aromatic heterocycles. The number of β-amino-alcohol motifs (C(OH)–C–C–N with tert-alkyl or cyclic N) is 1. The number of hydrogen-bond donors (Lipinski definition) is 1. The summed E-state index contributed by atoms with van der Waals surface area (Å²) in [7, 11) is 0. The Labute approximate surface area is 167 Å². The minimum absolute atomic E-state index is 0.0224. The number of aliphatic hydroxyl groups is 1.